The molecule has 1 fully saturated rings. The summed E-state index contributed by atoms with van der Waals surface area (Å²) in [5.41, 5.74) is 0.0621. The third-order valence-corrected chi connectivity index (χ3v) is 4.69. The fourth-order valence-corrected chi connectivity index (χ4v) is 3.33. The Bertz CT molecular complexity index is 890. The largest absolute Gasteiger partial charge is 0.573 e. The van der Waals surface area contributed by atoms with Gasteiger partial charge in [0.25, 0.3) is 5.91 Å². The van der Waals surface area contributed by atoms with Gasteiger partial charge in [0.1, 0.15) is 22.8 Å². The van der Waals surface area contributed by atoms with E-state index in [4.69, 9.17) is 14.2 Å². The second-order valence-corrected chi connectivity index (χ2v) is 7.18. The molecule has 6 nitrogen and oxygen atoms in total. The molecule has 0 bridgehead atoms. The number of rotatable bonds is 6. The first-order valence-corrected chi connectivity index (χ1v) is 9.10. The zero-order chi connectivity index (χ0) is 22.1. The summed E-state index contributed by atoms with van der Waals surface area (Å²) in [6, 6.07) is 10.6. The van der Waals surface area contributed by atoms with E-state index in [1.54, 1.807) is 32.0 Å². The van der Waals surface area contributed by atoms with Gasteiger partial charge in [0, 0.05) is 6.54 Å². The summed E-state index contributed by atoms with van der Waals surface area (Å²) in [5, 5.41) is 0. The van der Waals surface area contributed by atoms with Gasteiger partial charge in [-0.1, -0.05) is 18.2 Å². The van der Waals surface area contributed by atoms with Gasteiger partial charge in [-0.3, -0.25) is 4.79 Å². The lowest BCUT2D eigenvalue weighted by Gasteiger charge is -2.26. The molecule has 1 atom stereocenters. The second kappa shape index (κ2) is 8.06. The Morgan fingerprint density at radius 1 is 1.03 bits per heavy atom. The molecule has 2 aromatic carbocycles. The molecule has 162 valence electrons. The predicted molar refractivity (Wildman–Crippen MR) is 101 cm³/mol. The van der Waals surface area contributed by atoms with Gasteiger partial charge < -0.3 is 23.8 Å². The number of benzene rings is 2. The summed E-state index contributed by atoms with van der Waals surface area (Å²) in [6.07, 6.45) is -5.57. The smallest absolute Gasteiger partial charge is 0.496 e. The molecule has 0 radical (unpaired) electrons. The highest BCUT2D eigenvalue weighted by Crippen LogP contribution is 2.45. The molecular weight excluding hydrogens is 403 g/mol. The van der Waals surface area contributed by atoms with Crippen molar-refractivity contribution in [2.24, 2.45) is 0 Å². The van der Waals surface area contributed by atoms with Crippen LogP contribution in [0, 0.1) is 0 Å². The Kier molecular flexibility index (Phi) is 5.85. The van der Waals surface area contributed by atoms with Crippen LogP contribution in [0.15, 0.2) is 42.5 Å². The topological polar surface area (TPSA) is 57.2 Å². The Labute approximate surface area is 172 Å². The molecule has 1 saturated heterocycles. The lowest BCUT2D eigenvalue weighted by atomic mass is 10.1. The molecule has 30 heavy (non-hydrogen) atoms. The fraction of sp³-hybridized carbons (Fsp3) is 0.381. The van der Waals surface area contributed by atoms with Crippen LogP contribution in [0.3, 0.4) is 0 Å². The molecule has 1 aliphatic rings. The van der Waals surface area contributed by atoms with Crippen molar-refractivity contribution in [3.05, 3.63) is 53.6 Å². The summed E-state index contributed by atoms with van der Waals surface area (Å²) in [4.78, 5) is 14.5. The number of ether oxygens (including phenoxy) is 4. The van der Waals surface area contributed by atoms with Crippen molar-refractivity contribution in [3.63, 3.8) is 0 Å². The first-order chi connectivity index (χ1) is 14.1. The van der Waals surface area contributed by atoms with Crippen molar-refractivity contribution in [3.8, 4) is 17.2 Å². The summed E-state index contributed by atoms with van der Waals surface area (Å²) < 4.78 is 57.9. The van der Waals surface area contributed by atoms with E-state index in [1.807, 2.05) is 0 Å². The van der Waals surface area contributed by atoms with Crippen molar-refractivity contribution in [2.45, 2.75) is 38.6 Å². The summed E-state index contributed by atoms with van der Waals surface area (Å²) >= 11 is 0. The maximum atomic E-state index is 13.0. The molecule has 9 heteroatoms. The predicted octanol–water partition coefficient (Wildman–Crippen LogP) is 4.44. The Morgan fingerprint density at radius 3 is 2.10 bits per heavy atom. The van der Waals surface area contributed by atoms with Gasteiger partial charge in [0.15, 0.2) is 6.23 Å². The van der Waals surface area contributed by atoms with Gasteiger partial charge in [-0.25, -0.2) is 0 Å². The SMILES string of the molecule is COc1cccc(OC)c1C1OC(C)(C)C(=O)N1Cc1ccc(OC(F)(F)F)cc1. The molecular formula is C21H22F3NO5. The number of carbonyl (C=O) groups excluding carboxylic acids is 1. The van der Waals surface area contributed by atoms with Crippen molar-refractivity contribution in [2.75, 3.05) is 14.2 Å². The molecule has 1 unspecified atom stereocenters. The lowest BCUT2D eigenvalue weighted by Crippen LogP contribution is -2.35. The standard InChI is InChI=1S/C21H22F3NO5/c1-20(2)19(26)25(12-13-8-10-14(11-9-13)29-21(22,23)24)18(30-20)17-15(27-3)6-5-7-16(17)28-4/h5-11,18H,12H2,1-4H3. The van der Waals surface area contributed by atoms with Gasteiger partial charge in [-0.05, 0) is 43.7 Å². The number of alkyl halides is 3. The van der Waals surface area contributed by atoms with Crippen LogP contribution in [0.2, 0.25) is 0 Å². The average molecular weight is 425 g/mol. The number of carbonyl (C=O) groups is 1. The first kappa shape index (κ1) is 21.8. The molecule has 0 spiro atoms. The maximum absolute atomic E-state index is 13.0. The highest BCUT2D eigenvalue weighted by atomic mass is 19.4. The van der Waals surface area contributed by atoms with Crippen LogP contribution >= 0.6 is 0 Å². The van der Waals surface area contributed by atoms with Crippen LogP contribution in [0.25, 0.3) is 0 Å². The molecule has 3 rings (SSSR count). The van der Waals surface area contributed by atoms with Crippen molar-refractivity contribution in [1.29, 1.82) is 0 Å². The molecule has 0 aromatic heterocycles. The zero-order valence-electron chi connectivity index (χ0n) is 16.9. The molecule has 0 N–H and O–H groups in total. The van der Waals surface area contributed by atoms with Gasteiger partial charge in [0.05, 0.1) is 19.8 Å². The van der Waals surface area contributed by atoms with E-state index in [1.165, 1.54) is 43.4 Å². The van der Waals surface area contributed by atoms with E-state index >= 15 is 0 Å². The summed E-state index contributed by atoms with van der Waals surface area (Å²) in [5.74, 6) is 0.377. The van der Waals surface area contributed by atoms with E-state index in [0.717, 1.165) is 0 Å². The molecule has 0 aliphatic carbocycles. The average Bonchev–Trinajstić information content (AvgIpc) is 2.90. The van der Waals surface area contributed by atoms with Crippen LogP contribution in [-0.2, 0) is 16.1 Å². The fourth-order valence-electron chi connectivity index (χ4n) is 3.33. The van der Waals surface area contributed by atoms with Crippen LogP contribution < -0.4 is 14.2 Å². The van der Waals surface area contributed by atoms with E-state index in [-0.39, 0.29) is 18.2 Å². The van der Waals surface area contributed by atoms with Crippen molar-refractivity contribution >= 4 is 5.91 Å². The molecule has 2 aromatic rings. The third kappa shape index (κ3) is 4.46. The minimum atomic E-state index is -4.77. The Balaban J connectivity index is 1.93. The molecule has 1 amide bonds. The Morgan fingerprint density at radius 2 is 1.60 bits per heavy atom. The highest BCUT2D eigenvalue weighted by Gasteiger charge is 2.48. The van der Waals surface area contributed by atoms with Crippen LogP contribution in [0.1, 0.15) is 31.2 Å². The maximum Gasteiger partial charge on any atom is 0.573 e. The minimum absolute atomic E-state index is 0.112. The summed E-state index contributed by atoms with van der Waals surface area (Å²) in [6.45, 7) is 3.43. The lowest BCUT2D eigenvalue weighted by molar-refractivity contribution is -0.274. The van der Waals surface area contributed by atoms with Crippen molar-refractivity contribution < 1.29 is 36.9 Å². The monoisotopic (exact) mass is 425 g/mol. The minimum Gasteiger partial charge on any atom is -0.496 e. The normalized spacial score (nSPS) is 18.4. The van der Waals surface area contributed by atoms with Crippen molar-refractivity contribution in [1.82, 2.24) is 4.90 Å². The van der Waals surface area contributed by atoms with E-state index < -0.39 is 18.2 Å². The van der Waals surface area contributed by atoms with Gasteiger partial charge >= 0.3 is 6.36 Å². The molecule has 1 heterocycles. The first-order valence-electron chi connectivity index (χ1n) is 9.10. The van der Waals surface area contributed by atoms with Gasteiger partial charge in [-0.15, -0.1) is 13.2 Å². The zero-order valence-corrected chi connectivity index (χ0v) is 16.9. The number of amides is 1. The number of nitrogens with zero attached hydrogens (tertiary/aromatic N) is 1. The molecule has 0 saturated carbocycles. The van der Waals surface area contributed by atoms with Crippen LogP contribution in [0.4, 0.5) is 13.2 Å². The number of hydrogen-bond acceptors (Lipinski definition) is 5. The second-order valence-electron chi connectivity index (χ2n) is 7.18. The van der Waals surface area contributed by atoms with E-state index in [9.17, 15) is 18.0 Å². The van der Waals surface area contributed by atoms with Crippen LogP contribution in [-0.4, -0.2) is 37.0 Å². The Hall–Kier alpha value is -2.94. The number of halogens is 3. The number of hydrogen-bond donors (Lipinski definition) is 0. The van der Waals surface area contributed by atoms with Gasteiger partial charge in [0.2, 0.25) is 0 Å². The number of methoxy groups -OCH3 is 2. The van der Waals surface area contributed by atoms with Crippen LogP contribution in [0.5, 0.6) is 17.2 Å². The van der Waals surface area contributed by atoms with E-state index in [0.29, 0.717) is 22.6 Å². The highest BCUT2D eigenvalue weighted by molar-refractivity contribution is 5.86. The molecule has 1 aliphatic heterocycles. The van der Waals surface area contributed by atoms with E-state index in [2.05, 4.69) is 4.74 Å². The quantitative estimate of drug-likeness (QED) is 0.685. The summed E-state index contributed by atoms with van der Waals surface area (Å²) in [7, 11) is 3.01. The van der Waals surface area contributed by atoms with Gasteiger partial charge in [-0.2, -0.15) is 0 Å². The third-order valence-electron chi connectivity index (χ3n) is 4.69.